The van der Waals surface area contributed by atoms with Crippen LogP contribution in [0.5, 0.6) is 0 Å². The zero-order valence-corrected chi connectivity index (χ0v) is 14.1. The van der Waals surface area contributed by atoms with Gasteiger partial charge in [-0.1, -0.05) is 23.4 Å². The van der Waals surface area contributed by atoms with Crippen LogP contribution >= 0.6 is 0 Å². The van der Waals surface area contributed by atoms with Crippen molar-refractivity contribution in [3.8, 4) is 5.69 Å². The highest BCUT2D eigenvalue weighted by Gasteiger charge is 2.20. The van der Waals surface area contributed by atoms with E-state index in [1.807, 2.05) is 30.3 Å². The SMILES string of the molecule is Cc1noc([C@H](C)NC(=O)c2nn(-c3ccccc3)c(C)cc2=O)n1. The maximum absolute atomic E-state index is 12.5. The summed E-state index contributed by atoms with van der Waals surface area (Å²) in [5.74, 6) is 0.135. The van der Waals surface area contributed by atoms with Gasteiger partial charge < -0.3 is 9.84 Å². The number of hydrogen-bond donors (Lipinski definition) is 1. The van der Waals surface area contributed by atoms with Gasteiger partial charge in [-0.05, 0) is 32.9 Å². The number of benzene rings is 1. The number of carbonyl (C=O) groups excluding carboxylic acids is 1. The molecular formula is C17H17N5O3. The average Bonchev–Trinajstić information content (AvgIpc) is 3.02. The number of amides is 1. The predicted molar refractivity (Wildman–Crippen MR) is 89.5 cm³/mol. The van der Waals surface area contributed by atoms with Crippen LogP contribution in [0.25, 0.3) is 5.69 Å². The molecule has 0 unspecified atom stereocenters. The summed E-state index contributed by atoms with van der Waals surface area (Å²) >= 11 is 0. The van der Waals surface area contributed by atoms with Crippen molar-refractivity contribution in [2.75, 3.05) is 0 Å². The van der Waals surface area contributed by atoms with Gasteiger partial charge in [0.2, 0.25) is 11.3 Å². The van der Waals surface area contributed by atoms with Crippen molar-refractivity contribution in [1.82, 2.24) is 25.2 Å². The number of para-hydroxylation sites is 1. The number of nitrogens with one attached hydrogen (secondary N) is 1. The Morgan fingerprint density at radius 3 is 2.60 bits per heavy atom. The van der Waals surface area contributed by atoms with Crippen molar-refractivity contribution >= 4 is 5.91 Å². The van der Waals surface area contributed by atoms with Crippen LogP contribution < -0.4 is 10.7 Å². The van der Waals surface area contributed by atoms with E-state index in [2.05, 4.69) is 20.6 Å². The minimum Gasteiger partial charge on any atom is -0.339 e. The summed E-state index contributed by atoms with van der Waals surface area (Å²) in [4.78, 5) is 28.7. The molecule has 1 aromatic carbocycles. The van der Waals surface area contributed by atoms with Crippen LogP contribution in [0.3, 0.4) is 0 Å². The molecule has 3 aromatic rings. The van der Waals surface area contributed by atoms with Crippen molar-refractivity contribution < 1.29 is 9.32 Å². The number of nitrogens with zero attached hydrogens (tertiary/aromatic N) is 4. The quantitative estimate of drug-likeness (QED) is 0.776. The lowest BCUT2D eigenvalue weighted by Gasteiger charge is -2.12. The van der Waals surface area contributed by atoms with Gasteiger partial charge in [0.25, 0.3) is 5.91 Å². The number of hydrogen-bond acceptors (Lipinski definition) is 6. The highest BCUT2D eigenvalue weighted by atomic mass is 16.5. The Labute approximate surface area is 143 Å². The Hall–Kier alpha value is -3.29. The van der Waals surface area contributed by atoms with E-state index >= 15 is 0 Å². The summed E-state index contributed by atoms with van der Waals surface area (Å²) in [6, 6.07) is 10.1. The fraction of sp³-hybridized carbons (Fsp3) is 0.235. The fourth-order valence-corrected chi connectivity index (χ4v) is 2.35. The molecule has 2 aromatic heterocycles. The smallest absolute Gasteiger partial charge is 0.276 e. The maximum atomic E-state index is 12.5. The van der Waals surface area contributed by atoms with Gasteiger partial charge in [-0.3, -0.25) is 9.59 Å². The Kier molecular flexibility index (Phi) is 4.42. The first-order valence-corrected chi connectivity index (χ1v) is 7.73. The Balaban J connectivity index is 1.91. The third kappa shape index (κ3) is 3.47. The molecule has 1 amide bonds. The van der Waals surface area contributed by atoms with E-state index in [4.69, 9.17) is 4.52 Å². The van der Waals surface area contributed by atoms with Gasteiger partial charge in [-0.15, -0.1) is 0 Å². The van der Waals surface area contributed by atoms with Gasteiger partial charge in [0.05, 0.1) is 5.69 Å². The lowest BCUT2D eigenvalue weighted by atomic mass is 10.2. The van der Waals surface area contributed by atoms with Gasteiger partial charge in [0.15, 0.2) is 11.5 Å². The van der Waals surface area contributed by atoms with Crippen LogP contribution in [0, 0.1) is 13.8 Å². The molecule has 1 atom stereocenters. The van der Waals surface area contributed by atoms with Crippen molar-refractivity contribution in [1.29, 1.82) is 0 Å². The van der Waals surface area contributed by atoms with E-state index in [-0.39, 0.29) is 11.6 Å². The molecule has 0 spiro atoms. The maximum Gasteiger partial charge on any atom is 0.276 e. The summed E-state index contributed by atoms with van der Waals surface area (Å²) in [6.45, 7) is 5.13. The van der Waals surface area contributed by atoms with Crippen molar-refractivity contribution in [2.24, 2.45) is 0 Å². The third-order valence-electron chi connectivity index (χ3n) is 3.58. The Bertz CT molecular complexity index is 962. The fourth-order valence-electron chi connectivity index (χ4n) is 2.35. The number of aromatic nitrogens is 4. The topological polar surface area (TPSA) is 103 Å². The van der Waals surface area contributed by atoms with Crippen molar-refractivity contribution in [3.63, 3.8) is 0 Å². The van der Waals surface area contributed by atoms with Crippen LogP contribution in [0.1, 0.15) is 40.9 Å². The molecule has 0 aliphatic heterocycles. The average molecular weight is 339 g/mol. The van der Waals surface area contributed by atoms with E-state index in [0.29, 0.717) is 11.5 Å². The minimum atomic E-state index is -0.599. The predicted octanol–water partition coefficient (Wildman–Crippen LogP) is 1.72. The molecular weight excluding hydrogens is 322 g/mol. The lowest BCUT2D eigenvalue weighted by Crippen LogP contribution is -2.33. The van der Waals surface area contributed by atoms with Gasteiger partial charge in [0.1, 0.15) is 6.04 Å². The number of rotatable bonds is 4. The van der Waals surface area contributed by atoms with Crippen LogP contribution in [-0.2, 0) is 0 Å². The molecule has 0 saturated heterocycles. The van der Waals surface area contributed by atoms with Gasteiger partial charge >= 0.3 is 0 Å². The summed E-state index contributed by atoms with van der Waals surface area (Å²) < 4.78 is 6.58. The molecule has 128 valence electrons. The summed E-state index contributed by atoms with van der Waals surface area (Å²) in [6.07, 6.45) is 0. The molecule has 0 aliphatic rings. The first-order valence-electron chi connectivity index (χ1n) is 7.73. The van der Waals surface area contributed by atoms with E-state index in [0.717, 1.165) is 5.69 Å². The Morgan fingerprint density at radius 2 is 1.96 bits per heavy atom. The van der Waals surface area contributed by atoms with Gasteiger partial charge in [0, 0.05) is 11.8 Å². The summed E-state index contributed by atoms with van der Waals surface area (Å²) in [7, 11) is 0. The molecule has 25 heavy (non-hydrogen) atoms. The highest BCUT2D eigenvalue weighted by Crippen LogP contribution is 2.11. The monoisotopic (exact) mass is 339 g/mol. The Morgan fingerprint density at radius 1 is 1.24 bits per heavy atom. The largest absolute Gasteiger partial charge is 0.339 e. The molecule has 0 radical (unpaired) electrons. The molecule has 2 heterocycles. The van der Waals surface area contributed by atoms with E-state index in [1.54, 1.807) is 25.5 Å². The first kappa shape index (κ1) is 16.6. The van der Waals surface area contributed by atoms with Gasteiger partial charge in [-0.2, -0.15) is 10.1 Å². The van der Waals surface area contributed by atoms with Gasteiger partial charge in [-0.25, -0.2) is 4.68 Å². The lowest BCUT2D eigenvalue weighted by molar-refractivity contribution is 0.0924. The molecule has 8 heteroatoms. The van der Waals surface area contributed by atoms with Crippen LogP contribution in [-0.4, -0.2) is 25.8 Å². The summed E-state index contributed by atoms with van der Waals surface area (Å²) in [5.41, 5.74) is 0.747. The second-order valence-corrected chi connectivity index (χ2v) is 5.62. The standard InChI is InChI=1S/C17H17N5O3/c1-10-9-14(23)15(20-22(10)13-7-5-4-6-8-13)16(24)18-11(2)17-19-12(3)21-25-17/h4-9,11H,1-3H3,(H,18,24)/t11-/m0/s1. The highest BCUT2D eigenvalue weighted by molar-refractivity contribution is 5.92. The third-order valence-corrected chi connectivity index (χ3v) is 3.58. The van der Waals surface area contributed by atoms with E-state index < -0.39 is 17.4 Å². The van der Waals surface area contributed by atoms with Crippen LogP contribution in [0.2, 0.25) is 0 Å². The zero-order chi connectivity index (χ0) is 18.0. The normalized spacial score (nSPS) is 12.0. The molecule has 0 aliphatic carbocycles. The molecule has 1 N–H and O–H groups in total. The van der Waals surface area contributed by atoms with E-state index in [9.17, 15) is 9.59 Å². The number of aryl methyl sites for hydroxylation is 2. The first-order chi connectivity index (χ1) is 12.0. The molecule has 3 rings (SSSR count). The molecule has 0 fully saturated rings. The van der Waals surface area contributed by atoms with Crippen molar-refractivity contribution in [2.45, 2.75) is 26.8 Å². The second-order valence-electron chi connectivity index (χ2n) is 5.62. The van der Waals surface area contributed by atoms with Crippen LogP contribution in [0.4, 0.5) is 0 Å². The summed E-state index contributed by atoms with van der Waals surface area (Å²) in [5, 5.41) is 10.6. The van der Waals surface area contributed by atoms with Crippen molar-refractivity contribution in [3.05, 3.63) is 69.7 Å². The molecule has 0 bridgehead atoms. The van der Waals surface area contributed by atoms with Crippen LogP contribution in [0.15, 0.2) is 45.7 Å². The number of carbonyl (C=O) groups is 1. The minimum absolute atomic E-state index is 0.197. The van der Waals surface area contributed by atoms with E-state index in [1.165, 1.54) is 6.07 Å². The zero-order valence-electron chi connectivity index (χ0n) is 14.1. The molecule has 0 saturated carbocycles. The molecule has 8 nitrogen and oxygen atoms in total. The second kappa shape index (κ2) is 6.68.